The Labute approximate surface area is 149 Å². The molecule has 7 nitrogen and oxygen atoms in total. The molecule has 0 saturated carbocycles. The average molecular weight is 349 g/mol. The van der Waals surface area contributed by atoms with Crippen LogP contribution in [0.4, 0.5) is 16.0 Å². The first-order chi connectivity index (χ1) is 12.6. The Morgan fingerprint density at radius 2 is 1.96 bits per heavy atom. The van der Waals surface area contributed by atoms with Crippen LogP contribution in [0.2, 0.25) is 0 Å². The molecule has 2 aromatic heterocycles. The van der Waals surface area contributed by atoms with Crippen LogP contribution in [0, 0.1) is 11.3 Å². The summed E-state index contributed by atoms with van der Waals surface area (Å²) >= 11 is 0. The van der Waals surface area contributed by atoms with Crippen LogP contribution in [0.25, 0.3) is 11.3 Å². The molecule has 1 aliphatic rings. The number of nitriles is 1. The van der Waals surface area contributed by atoms with Crippen LogP contribution >= 0.6 is 0 Å². The summed E-state index contributed by atoms with van der Waals surface area (Å²) in [5.41, 5.74) is 1.42. The second-order valence-corrected chi connectivity index (χ2v) is 6.41. The predicted octanol–water partition coefficient (Wildman–Crippen LogP) is 2.59. The summed E-state index contributed by atoms with van der Waals surface area (Å²) in [5, 5.41) is 18.9. The molecule has 1 fully saturated rings. The zero-order chi connectivity index (χ0) is 18.1. The molecule has 0 amide bonds. The molecule has 3 heterocycles. The standard InChI is InChI=1S/C18H16FN7/c1-26-10-18(19,11-26)13-4-2-12(3-5-13)15-6-16(25-24-15)23-17-9-21-14(7-20)8-22-17/h2-6,8-9H,10-11H2,1H3,(H2,22,23,24,25). The molecule has 1 aromatic carbocycles. The van der Waals surface area contributed by atoms with Crippen LogP contribution in [-0.4, -0.2) is 45.2 Å². The number of benzene rings is 1. The van der Waals surface area contributed by atoms with Crippen molar-refractivity contribution in [3.63, 3.8) is 0 Å². The Morgan fingerprint density at radius 1 is 1.19 bits per heavy atom. The number of halogens is 1. The molecule has 130 valence electrons. The molecule has 1 saturated heterocycles. The lowest BCUT2D eigenvalue weighted by Crippen LogP contribution is -2.54. The monoisotopic (exact) mass is 349 g/mol. The molecular formula is C18H16FN7. The number of H-pyrrole nitrogens is 1. The highest BCUT2D eigenvalue weighted by molar-refractivity contribution is 5.65. The Morgan fingerprint density at radius 3 is 2.58 bits per heavy atom. The van der Waals surface area contributed by atoms with Crippen molar-refractivity contribution < 1.29 is 4.39 Å². The van der Waals surface area contributed by atoms with Crippen LogP contribution in [-0.2, 0) is 5.67 Å². The van der Waals surface area contributed by atoms with E-state index in [1.807, 2.05) is 48.3 Å². The number of likely N-dealkylation sites (N-methyl/N-ethyl adjacent to an activating group) is 1. The van der Waals surface area contributed by atoms with Crippen molar-refractivity contribution in [2.45, 2.75) is 5.67 Å². The van der Waals surface area contributed by atoms with Crippen LogP contribution in [0.1, 0.15) is 11.3 Å². The molecule has 0 aliphatic carbocycles. The highest BCUT2D eigenvalue weighted by atomic mass is 19.1. The minimum Gasteiger partial charge on any atom is -0.322 e. The Bertz CT molecular complexity index is 950. The molecule has 3 aromatic rings. The van der Waals surface area contributed by atoms with Gasteiger partial charge in [0.2, 0.25) is 0 Å². The molecule has 0 bridgehead atoms. The maximum Gasteiger partial charge on any atom is 0.161 e. The lowest BCUT2D eigenvalue weighted by molar-refractivity contribution is -0.0194. The normalized spacial score (nSPS) is 15.9. The maximum absolute atomic E-state index is 14.6. The molecule has 0 spiro atoms. The van der Waals surface area contributed by atoms with Crippen molar-refractivity contribution in [2.24, 2.45) is 0 Å². The minimum absolute atomic E-state index is 0.252. The number of hydrogen-bond donors (Lipinski definition) is 2. The van der Waals surface area contributed by atoms with Crippen molar-refractivity contribution in [1.82, 2.24) is 25.1 Å². The summed E-state index contributed by atoms with van der Waals surface area (Å²) in [6.45, 7) is 0.853. The quantitative estimate of drug-likeness (QED) is 0.752. The highest BCUT2D eigenvalue weighted by Crippen LogP contribution is 2.35. The molecule has 8 heteroatoms. The summed E-state index contributed by atoms with van der Waals surface area (Å²) in [5.74, 6) is 1.07. The van der Waals surface area contributed by atoms with E-state index in [-0.39, 0.29) is 5.69 Å². The number of nitrogens with zero attached hydrogens (tertiary/aromatic N) is 5. The number of aromatic amines is 1. The van der Waals surface area contributed by atoms with E-state index in [9.17, 15) is 4.39 Å². The van der Waals surface area contributed by atoms with Gasteiger partial charge in [0.1, 0.15) is 11.9 Å². The average Bonchev–Trinajstić information content (AvgIpc) is 3.10. The molecule has 0 radical (unpaired) electrons. The first-order valence-corrected chi connectivity index (χ1v) is 8.09. The second-order valence-electron chi connectivity index (χ2n) is 6.41. The van der Waals surface area contributed by atoms with Gasteiger partial charge >= 0.3 is 0 Å². The van der Waals surface area contributed by atoms with E-state index in [0.29, 0.717) is 30.3 Å². The van der Waals surface area contributed by atoms with Crippen LogP contribution in [0.3, 0.4) is 0 Å². The molecule has 2 N–H and O–H groups in total. The van der Waals surface area contributed by atoms with Crippen molar-refractivity contribution >= 4 is 11.6 Å². The number of anilines is 2. The van der Waals surface area contributed by atoms with Gasteiger partial charge in [-0.2, -0.15) is 10.4 Å². The van der Waals surface area contributed by atoms with E-state index in [0.717, 1.165) is 11.3 Å². The minimum atomic E-state index is -1.25. The van der Waals surface area contributed by atoms with Gasteiger partial charge in [-0.15, -0.1) is 0 Å². The number of alkyl halides is 1. The number of aromatic nitrogens is 4. The number of likely N-dealkylation sites (tertiary alicyclic amines) is 1. The Hall–Kier alpha value is -3.31. The van der Waals surface area contributed by atoms with Crippen molar-refractivity contribution in [2.75, 3.05) is 25.5 Å². The van der Waals surface area contributed by atoms with Gasteiger partial charge in [0.15, 0.2) is 17.2 Å². The molecule has 4 rings (SSSR count). The van der Waals surface area contributed by atoms with Crippen LogP contribution in [0.5, 0.6) is 0 Å². The van der Waals surface area contributed by atoms with E-state index >= 15 is 0 Å². The summed E-state index contributed by atoms with van der Waals surface area (Å²) in [4.78, 5) is 9.99. The largest absolute Gasteiger partial charge is 0.322 e. The van der Waals surface area contributed by atoms with Gasteiger partial charge in [-0.05, 0) is 18.2 Å². The molecular weight excluding hydrogens is 333 g/mol. The van der Waals surface area contributed by atoms with Gasteiger partial charge in [-0.1, -0.05) is 24.3 Å². The third kappa shape index (κ3) is 3.00. The fraction of sp³-hybridized carbons (Fsp3) is 0.222. The van der Waals surface area contributed by atoms with Gasteiger partial charge < -0.3 is 5.32 Å². The fourth-order valence-corrected chi connectivity index (χ4v) is 3.06. The summed E-state index contributed by atoms with van der Waals surface area (Å²) < 4.78 is 14.6. The Kier molecular flexibility index (Phi) is 3.86. The summed E-state index contributed by atoms with van der Waals surface area (Å²) in [7, 11) is 1.91. The lowest BCUT2D eigenvalue weighted by atomic mass is 9.88. The summed E-state index contributed by atoms with van der Waals surface area (Å²) in [6, 6.07) is 11.2. The Balaban J connectivity index is 1.48. The van der Waals surface area contributed by atoms with Crippen LogP contribution < -0.4 is 5.32 Å². The highest BCUT2D eigenvalue weighted by Gasteiger charge is 2.42. The second kappa shape index (κ2) is 6.20. The van der Waals surface area contributed by atoms with Gasteiger partial charge in [0.25, 0.3) is 0 Å². The molecule has 26 heavy (non-hydrogen) atoms. The van der Waals surface area contributed by atoms with Gasteiger partial charge in [0.05, 0.1) is 18.1 Å². The zero-order valence-corrected chi connectivity index (χ0v) is 14.1. The van der Waals surface area contributed by atoms with Crippen LogP contribution in [0.15, 0.2) is 42.7 Å². The van der Waals surface area contributed by atoms with Gasteiger partial charge in [-0.25, -0.2) is 14.4 Å². The SMILES string of the molecule is CN1CC(F)(c2ccc(-c3cc(Nc4cnc(C#N)cn4)n[nH]3)cc2)C1. The van der Waals surface area contributed by atoms with E-state index in [1.54, 1.807) is 0 Å². The van der Waals surface area contributed by atoms with Gasteiger partial charge in [-0.3, -0.25) is 10.00 Å². The van der Waals surface area contributed by atoms with Crippen molar-refractivity contribution in [3.8, 4) is 17.3 Å². The zero-order valence-electron chi connectivity index (χ0n) is 14.1. The number of hydrogen-bond acceptors (Lipinski definition) is 6. The summed E-state index contributed by atoms with van der Waals surface area (Å²) in [6.07, 6.45) is 2.86. The van der Waals surface area contributed by atoms with E-state index < -0.39 is 5.67 Å². The van der Waals surface area contributed by atoms with E-state index in [1.165, 1.54) is 12.4 Å². The van der Waals surface area contributed by atoms with Gasteiger partial charge in [0, 0.05) is 19.2 Å². The third-order valence-corrected chi connectivity index (χ3v) is 4.35. The third-order valence-electron chi connectivity index (χ3n) is 4.35. The molecule has 0 unspecified atom stereocenters. The predicted molar refractivity (Wildman–Crippen MR) is 94.3 cm³/mol. The van der Waals surface area contributed by atoms with E-state index in [2.05, 4.69) is 25.5 Å². The van der Waals surface area contributed by atoms with Crippen molar-refractivity contribution in [1.29, 1.82) is 5.26 Å². The number of rotatable bonds is 4. The molecule has 1 aliphatic heterocycles. The fourth-order valence-electron chi connectivity index (χ4n) is 3.06. The topological polar surface area (TPSA) is 93.5 Å². The molecule has 0 atom stereocenters. The number of nitrogens with one attached hydrogen (secondary N) is 2. The lowest BCUT2D eigenvalue weighted by Gasteiger charge is -2.42. The smallest absolute Gasteiger partial charge is 0.161 e. The van der Waals surface area contributed by atoms with Crippen molar-refractivity contribution in [3.05, 3.63) is 54.0 Å². The first kappa shape index (κ1) is 16.2. The maximum atomic E-state index is 14.6. The first-order valence-electron chi connectivity index (χ1n) is 8.09. The van der Waals surface area contributed by atoms with E-state index in [4.69, 9.17) is 5.26 Å².